The smallest absolute Gasteiger partial charge is 0.0192 e. The van der Waals surface area contributed by atoms with Crippen LogP contribution in [0, 0.1) is 6.54 Å². The Hall–Kier alpha value is -0.0800. The van der Waals surface area contributed by atoms with E-state index in [4.69, 9.17) is 11.5 Å². The van der Waals surface area contributed by atoms with E-state index >= 15 is 0 Å². The van der Waals surface area contributed by atoms with Crippen molar-refractivity contribution in [3.8, 4) is 0 Å². The van der Waals surface area contributed by atoms with Gasteiger partial charge in [-0.05, 0) is 19.4 Å². The Morgan fingerprint density at radius 3 is 1.50 bits per heavy atom. The Balaban J connectivity index is 2.78. The van der Waals surface area contributed by atoms with Crippen molar-refractivity contribution < 1.29 is 0 Å². The molecule has 0 bridgehead atoms. The van der Waals surface area contributed by atoms with Crippen LogP contribution in [-0.4, -0.2) is 6.54 Å². The summed E-state index contributed by atoms with van der Waals surface area (Å²) in [6, 6.07) is 0. The molecule has 0 aromatic heterocycles. The quantitative estimate of drug-likeness (QED) is 0.503. The van der Waals surface area contributed by atoms with Gasteiger partial charge in [0.25, 0.3) is 0 Å². The number of rotatable bonds is 11. The minimum Gasteiger partial charge on any atom is -0.330 e. The molecule has 14 heavy (non-hydrogen) atoms. The molecule has 1 radical (unpaired) electrons. The average Bonchev–Trinajstić information content (AvgIpc) is 2.21. The molecule has 0 spiro atoms. The molecule has 0 unspecified atom stereocenters. The van der Waals surface area contributed by atoms with Crippen molar-refractivity contribution in [1.29, 1.82) is 0 Å². The lowest BCUT2D eigenvalue weighted by Crippen LogP contribution is -1.97. The first-order valence-corrected chi connectivity index (χ1v) is 6.15. The SMILES string of the molecule is N[CH]CCCCCCCCCCCN. The monoisotopic (exact) mass is 199 g/mol. The molecule has 85 valence electrons. The third kappa shape index (κ3) is 11.9. The van der Waals surface area contributed by atoms with Gasteiger partial charge in [-0.25, -0.2) is 0 Å². The summed E-state index contributed by atoms with van der Waals surface area (Å²) in [4.78, 5) is 0. The van der Waals surface area contributed by atoms with Crippen LogP contribution in [0.1, 0.15) is 64.2 Å². The third-order valence-electron chi connectivity index (χ3n) is 2.57. The lowest BCUT2D eigenvalue weighted by molar-refractivity contribution is 0.559. The second-order valence-corrected chi connectivity index (χ2v) is 4.00. The van der Waals surface area contributed by atoms with Gasteiger partial charge in [-0.2, -0.15) is 0 Å². The van der Waals surface area contributed by atoms with Gasteiger partial charge in [0.15, 0.2) is 0 Å². The Labute approximate surface area is 89.4 Å². The number of hydrogen-bond acceptors (Lipinski definition) is 2. The van der Waals surface area contributed by atoms with Crippen LogP contribution < -0.4 is 11.5 Å². The Morgan fingerprint density at radius 1 is 0.643 bits per heavy atom. The van der Waals surface area contributed by atoms with E-state index in [1.165, 1.54) is 57.8 Å². The molecule has 0 rings (SSSR count). The molecule has 0 aliphatic rings. The minimum absolute atomic E-state index is 0.857. The summed E-state index contributed by atoms with van der Waals surface area (Å²) in [7, 11) is 0. The van der Waals surface area contributed by atoms with Crippen LogP contribution in [0.4, 0.5) is 0 Å². The van der Waals surface area contributed by atoms with Gasteiger partial charge in [-0.1, -0.05) is 51.4 Å². The van der Waals surface area contributed by atoms with Crippen molar-refractivity contribution in [2.24, 2.45) is 11.5 Å². The van der Waals surface area contributed by atoms with Crippen LogP contribution in [0.3, 0.4) is 0 Å². The average molecular weight is 199 g/mol. The molecule has 0 aromatic rings. The van der Waals surface area contributed by atoms with Crippen LogP contribution >= 0.6 is 0 Å². The molecule has 4 N–H and O–H groups in total. The van der Waals surface area contributed by atoms with Crippen LogP contribution in [0.2, 0.25) is 0 Å². The van der Waals surface area contributed by atoms with E-state index in [1.807, 2.05) is 0 Å². The molecule has 2 heteroatoms. The molecule has 0 aliphatic carbocycles. The minimum atomic E-state index is 0.857. The van der Waals surface area contributed by atoms with Crippen LogP contribution in [-0.2, 0) is 0 Å². The maximum Gasteiger partial charge on any atom is 0.0192 e. The maximum absolute atomic E-state index is 5.42. The van der Waals surface area contributed by atoms with Gasteiger partial charge in [0, 0.05) is 6.54 Å². The van der Waals surface area contributed by atoms with Gasteiger partial charge in [0.1, 0.15) is 0 Å². The summed E-state index contributed by atoms with van der Waals surface area (Å²) >= 11 is 0. The molecule has 0 amide bonds. The van der Waals surface area contributed by atoms with Gasteiger partial charge in [0.2, 0.25) is 0 Å². The van der Waals surface area contributed by atoms with Crippen molar-refractivity contribution in [2.45, 2.75) is 64.2 Å². The summed E-state index contributed by atoms with van der Waals surface area (Å²) in [5, 5.41) is 0. The molecular weight excluding hydrogens is 172 g/mol. The fourth-order valence-corrected chi connectivity index (χ4v) is 1.64. The van der Waals surface area contributed by atoms with E-state index in [0.717, 1.165) is 13.0 Å². The fourth-order valence-electron chi connectivity index (χ4n) is 1.64. The molecule has 2 nitrogen and oxygen atoms in total. The third-order valence-corrected chi connectivity index (χ3v) is 2.57. The molecule has 0 aromatic carbocycles. The first-order valence-electron chi connectivity index (χ1n) is 6.15. The van der Waals surface area contributed by atoms with Gasteiger partial charge >= 0.3 is 0 Å². The lowest BCUT2D eigenvalue weighted by atomic mass is 10.1. The maximum atomic E-state index is 5.42. The zero-order valence-corrected chi connectivity index (χ0v) is 9.51. The van der Waals surface area contributed by atoms with E-state index in [1.54, 1.807) is 6.54 Å². The topological polar surface area (TPSA) is 52.0 Å². The van der Waals surface area contributed by atoms with Crippen molar-refractivity contribution in [3.63, 3.8) is 0 Å². The second-order valence-electron chi connectivity index (χ2n) is 4.00. The molecule has 0 heterocycles. The Kier molecular flexibility index (Phi) is 12.8. The largest absolute Gasteiger partial charge is 0.330 e. The predicted molar refractivity (Wildman–Crippen MR) is 63.7 cm³/mol. The van der Waals surface area contributed by atoms with E-state index < -0.39 is 0 Å². The van der Waals surface area contributed by atoms with Crippen molar-refractivity contribution >= 4 is 0 Å². The van der Waals surface area contributed by atoms with Gasteiger partial charge in [-0.15, -0.1) is 0 Å². The van der Waals surface area contributed by atoms with Crippen molar-refractivity contribution in [2.75, 3.05) is 6.54 Å². The summed E-state index contributed by atoms with van der Waals surface area (Å²) in [5.74, 6) is 0. The highest BCUT2D eigenvalue weighted by Crippen LogP contribution is 2.10. The number of hydrogen-bond donors (Lipinski definition) is 2. The van der Waals surface area contributed by atoms with Crippen LogP contribution in [0.5, 0.6) is 0 Å². The van der Waals surface area contributed by atoms with E-state index in [2.05, 4.69) is 0 Å². The Bertz CT molecular complexity index is 82.3. The summed E-state index contributed by atoms with van der Waals surface area (Å²) in [6.45, 7) is 2.63. The normalized spacial score (nSPS) is 10.7. The summed E-state index contributed by atoms with van der Waals surface area (Å²) in [5.41, 5.74) is 10.7. The molecule has 0 saturated carbocycles. The molecular formula is C12H27N2. The molecule has 0 atom stereocenters. The first kappa shape index (κ1) is 13.9. The van der Waals surface area contributed by atoms with E-state index in [0.29, 0.717) is 0 Å². The first-order chi connectivity index (χ1) is 6.91. The number of nitrogens with two attached hydrogens (primary N) is 2. The van der Waals surface area contributed by atoms with Gasteiger partial charge < -0.3 is 11.5 Å². The van der Waals surface area contributed by atoms with Gasteiger partial charge in [-0.3, -0.25) is 0 Å². The van der Waals surface area contributed by atoms with Crippen molar-refractivity contribution in [3.05, 3.63) is 6.54 Å². The highest BCUT2D eigenvalue weighted by Gasteiger charge is 1.91. The van der Waals surface area contributed by atoms with Crippen LogP contribution in [0.25, 0.3) is 0 Å². The van der Waals surface area contributed by atoms with Gasteiger partial charge in [0.05, 0.1) is 0 Å². The summed E-state index contributed by atoms with van der Waals surface area (Å²) in [6.07, 6.45) is 13.1. The van der Waals surface area contributed by atoms with Crippen LogP contribution in [0.15, 0.2) is 0 Å². The van der Waals surface area contributed by atoms with Crippen molar-refractivity contribution in [1.82, 2.24) is 0 Å². The fraction of sp³-hybridized carbons (Fsp3) is 0.917. The zero-order chi connectivity index (χ0) is 10.5. The highest BCUT2D eigenvalue weighted by molar-refractivity contribution is 4.54. The lowest BCUT2D eigenvalue weighted by Gasteiger charge is -2.01. The zero-order valence-electron chi connectivity index (χ0n) is 9.51. The molecule has 0 aliphatic heterocycles. The Morgan fingerprint density at radius 2 is 1.07 bits per heavy atom. The standard InChI is InChI=1S/C12H27N2/c13-11-9-7-5-3-1-2-4-6-8-10-12-14/h11H,1-10,12-14H2. The molecule has 0 fully saturated rings. The highest BCUT2D eigenvalue weighted by atomic mass is 14.5. The predicted octanol–water partition coefficient (Wildman–Crippen LogP) is 2.97. The second kappa shape index (κ2) is 12.9. The summed E-state index contributed by atoms with van der Waals surface area (Å²) < 4.78 is 0. The molecule has 0 saturated heterocycles. The number of unbranched alkanes of at least 4 members (excludes halogenated alkanes) is 9. The van der Waals surface area contributed by atoms with E-state index in [9.17, 15) is 0 Å². The van der Waals surface area contributed by atoms with E-state index in [-0.39, 0.29) is 0 Å².